The van der Waals surface area contributed by atoms with Gasteiger partial charge in [0.05, 0.1) is 12.0 Å². The van der Waals surface area contributed by atoms with Gasteiger partial charge in [0, 0.05) is 19.6 Å². The molecule has 2 atom stereocenters. The summed E-state index contributed by atoms with van der Waals surface area (Å²) in [5.41, 5.74) is -0.517. The number of amides is 2. The smallest absolute Gasteiger partial charge is 0.410 e. The lowest BCUT2D eigenvalue weighted by atomic mass is 10.1. The van der Waals surface area contributed by atoms with E-state index in [9.17, 15) is 9.59 Å². The molecular formula is C19H28N2O4. The number of nitrogens with zero attached hydrogens (tertiary/aromatic N) is 2. The van der Waals surface area contributed by atoms with Crippen molar-refractivity contribution < 1.29 is 18.7 Å². The summed E-state index contributed by atoms with van der Waals surface area (Å²) >= 11 is 0. The van der Waals surface area contributed by atoms with Gasteiger partial charge in [-0.2, -0.15) is 0 Å². The zero-order valence-electron chi connectivity index (χ0n) is 15.6. The van der Waals surface area contributed by atoms with Gasteiger partial charge in [-0.05, 0) is 59.1 Å². The van der Waals surface area contributed by atoms with Crippen molar-refractivity contribution in [2.45, 2.75) is 58.6 Å². The molecule has 6 heteroatoms. The highest BCUT2D eigenvalue weighted by Gasteiger charge is 2.39. The Kier molecular flexibility index (Phi) is 4.80. The molecule has 1 aromatic heterocycles. The van der Waals surface area contributed by atoms with Crippen LogP contribution in [0.5, 0.6) is 0 Å². The van der Waals surface area contributed by atoms with E-state index < -0.39 is 5.60 Å². The number of likely N-dealkylation sites (tertiary alicyclic amines) is 2. The molecule has 2 fully saturated rings. The molecule has 3 rings (SSSR count). The summed E-state index contributed by atoms with van der Waals surface area (Å²) in [7, 11) is 0. The van der Waals surface area contributed by atoms with Crippen molar-refractivity contribution in [3.8, 4) is 0 Å². The molecule has 2 saturated heterocycles. The first-order chi connectivity index (χ1) is 11.7. The van der Waals surface area contributed by atoms with Crippen LogP contribution in [-0.4, -0.2) is 47.0 Å². The molecule has 0 spiro atoms. The summed E-state index contributed by atoms with van der Waals surface area (Å²) in [5.74, 6) is 1.71. The number of hydrogen-bond acceptors (Lipinski definition) is 4. The zero-order chi connectivity index (χ0) is 18.2. The lowest BCUT2D eigenvalue weighted by Crippen LogP contribution is -2.39. The predicted octanol–water partition coefficient (Wildman–Crippen LogP) is 3.51. The van der Waals surface area contributed by atoms with Crippen LogP contribution in [0, 0.1) is 12.8 Å². The number of rotatable bonds is 2. The van der Waals surface area contributed by atoms with E-state index in [4.69, 9.17) is 9.15 Å². The number of carbonyl (C=O) groups excluding carboxylic acids is 2. The van der Waals surface area contributed by atoms with E-state index in [0.29, 0.717) is 19.5 Å². The Morgan fingerprint density at radius 1 is 1.20 bits per heavy atom. The molecule has 0 saturated carbocycles. The van der Waals surface area contributed by atoms with Gasteiger partial charge in [0.1, 0.15) is 17.1 Å². The van der Waals surface area contributed by atoms with Crippen molar-refractivity contribution in [2.75, 3.05) is 19.6 Å². The van der Waals surface area contributed by atoms with Crippen LogP contribution in [0.4, 0.5) is 4.79 Å². The van der Waals surface area contributed by atoms with Gasteiger partial charge in [0.2, 0.25) is 5.91 Å². The molecule has 0 bridgehead atoms. The van der Waals surface area contributed by atoms with E-state index in [1.165, 1.54) is 0 Å². The number of hydrogen-bond donors (Lipinski definition) is 0. The second-order valence-corrected chi connectivity index (χ2v) is 8.05. The molecule has 138 valence electrons. The topological polar surface area (TPSA) is 63.0 Å². The summed E-state index contributed by atoms with van der Waals surface area (Å²) in [6.07, 6.45) is 2.28. The molecule has 0 aromatic carbocycles. The van der Waals surface area contributed by atoms with E-state index in [2.05, 4.69) is 0 Å². The van der Waals surface area contributed by atoms with Gasteiger partial charge >= 0.3 is 6.09 Å². The Morgan fingerprint density at radius 3 is 2.60 bits per heavy atom. The second-order valence-electron chi connectivity index (χ2n) is 8.05. The number of aryl methyl sites for hydroxylation is 1. The van der Waals surface area contributed by atoms with Crippen LogP contribution in [0.25, 0.3) is 0 Å². The van der Waals surface area contributed by atoms with Crippen LogP contribution in [0.2, 0.25) is 0 Å². The Morgan fingerprint density at radius 2 is 1.96 bits per heavy atom. The average Bonchev–Trinajstić information content (AvgIpc) is 3.24. The number of carbonyl (C=O) groups is 2. The first-order valence-electron chi connectivity index (χ1n) is 9.09. The maximum Gasteiger partial charge on any atom is 0.410 e. The first kappa shape index (κ1) is 17.8. The molecule has 2 amide bonds. The molecule has 2 aliphatic heterocycles. The van der Waals surface area contributed by atoms with Crippen LogP contribution in [0.1, 0.15) is 57.6 Å². The van der Waals surface area contributed by atoms with Gasteiger partial charge in [-0.3, -0.25) is 4.79 Å². The fraction of sp³-hybridized carbons (Fsp3) is 0.684. The van der Waals surface area contributed by atoms with Gasteiger partial charge in [0.15, 0.2) is 0 Å². The van der Waals surface area contributed by atoms with Crippen molar-refractivity contribution in [3.05, 3.63) is 23.7 Å². The maximum absolute atomic E-state index is 13.0. The predicted molar refractivity (Wildman–Crippen MR) is 93.0 cm³/mol. The lowest BCUT2D eigenvalue weighted by molar-refractivity contribution is -0.136. The second kappa shape index (κ2) is 6.73. The fourth-order valence-electron chi connectivity index (χ4n) is 3.65. The molecule has 0 aliphatic carbocycles. The highest BCUT2D eigenvalue weighted by atomic mass is 16.6. The van der Waals surface area contributed by atoms with Crippen LogP contribution in [-0.2, 0) is 9.53 Å². The van der Waals surface area contributed by atoms with Gasteiger partial charge in [-0.15, -0.1) is 0 Å². The highest BCUT2D eigenvalue weighted by molar-refractivity contribution is 5.81. The Bertz CT molecular complexity index is 646. The lowest BCUT2D eigenvalue weighted by Gasteiger charge is -2.27. The summed E-state index contributed by atoms with van der Waals surface area (Å²) in [4.78, 5) is 28.8. The Labute approximate surface area is 149 Å². The van der Waals surface area contributed by atoms with Crippen molar-refractivity contribution in [2.24, 2.45) is 5.92 Å². The van der Waals surface area contributed by atoms with Crippen molar-refractivity contribution in [1.82, 2.24) is 9.80 Å². The van der Waals surface area contributed by atoms with Crippen LogP contribution in [0.3, 0.4) is 0 Å². The van der Waals surface area contributed by atoms with Gasteiger partial charge in [-0.25, -0.2) is 4.79 Å². The summed E-state index contributed by atoms with van der Waals surface area (Å²) in [6.45, 7) is 9.24. The molecule has 0 unspecified atom stereocenters. The van der Waals surface area contributed by atoms with Crippen LogP contribution < -0.4 is 0 Å². The zero-order valence-corrected chi connectivity index (χ0v) is 15.6. The third-order valence-electron chi connectivity index (χ3n) is 4.81. The quantitative estimate of drug-likeness (QED) is 0.820. The molecule has 2 aliphatic rings. The molecule has 25 heavy (non-hydrogen) atoms. The Hall–Kier alpha value is -1.98. The van der Waals surface area contributed by atoms with Gasteiger partial charge in [-0.1, -0.05) is 0 Å². The molecule has 1 aromatic rings. The van der Waals surface area contributed by atoms with Crippen molar-refractivity contribution in [1.29, 1.82) is 0 Å². The minimum absolute atomic E-state index is 0.0248. The van der Waals surface area contributed by atoms with E-state index >= 15 is 0 Å². The summed E-state index contributed by atoms with van der Waals surface area (Å²) in [6, 6.07) is 3.93. The molecule has 0 N–H and O–H groups in total. The summed E-state index contributed by atoms with van der Waals surface area (Å²) in [5, 5.41) is 0. The third-order valence-corrected chi connectivity index (χ3v) is 4.81. The summed E-state index contributed by atoms with van der Waals surface area (Å²) < 4.78 is 11.2. The third kappa shape index (κ3) is 3.99. The van der Waals surface area contributed by atoms with Crippen LogP contribution in [0.15, 0.2) is 16.5 Å². The molecule has 3 heterocycles. The molecule has 0 radical (unpaired) electrons. The number of ether oxygens (including phenoxy) is 1. The minimum atomic E-state index is -0.517. The standard InChI is InChI=1S/C19H28N2O4/c1-13-7-8-16(24-13)15-6-5-10-21(15)17(22)14-9-11-20(12-14)18(23)25-19(2,3)4/h7-8,14-15H,5-6,9-12H2,1-4H3/t14-,15+/m0/s1. The van der Waals surface area contributed by atoms with Crippen molar-refractivity contribution >= 4 is 12.0 Å². The highest BCUT2D eigenvalue weighted by Crippen LogP contribution is 2.35. The maximum atomic E-state index is 13.0. The average molecular weight is 348 g/mol. The Balaban J connectivity index is 1.62. The van der Waals surface area contributed by atoms with E-state index in [1.807, 2.05) is 44.7 Å². The normalized spacial score (nSPS) is 24.0. The van der Waals surface area contributed by atoms with E-state index in [0.717, 1.165) is 30.9 Å². The first-order valence-corrected chi connectivity index (χ1v) is 9.09. The largest absolute Gasteiger partial charge is 0.464 e. The fourth-order valence-corrected chi connectivity index (χ4v) is 3.65. The van der Waals surface area contributed by atoms with E-state index in [1.54, 1.807) is 4.90 Å². The van der Waals surface area contributed by atoms with Gasteiger partial charge < -0.3 is 19.0 Å². The molecular weight excluding hydrogens is 320 g/mol. The van der Waals surface area contributed by atoms with Gasteiger partial charge in [0.25, 0.3) is 0 Å². The van der Waals surface area contributed by atoms with Crippen LogP contribution >= 0.6 is 0 Å². The van der Waals surface area contributed by atoms with Crippen molar-refractivity contribution in [3.63, 3.8) is 0 Å². The monoisotopic (exact) mass is 348 g/mol. The SMILES string of the molecule is Cc1ccc([C@H]2CCCN2C(=O)[C@H]2CCN(C(=O)OC(C)(C)C)C2)o1. The minimum Gasteiger partial charge on any atom is -0.464 e. The number of furan rings is 1. The van der Waals surface area contributed by atoms with E-state index in [-0.39, 0.29) is 24.0 Å². The molecule has 6 nitrogen and oxygen atoms in total.